The van der Waals surface area contributed by atoms with Gasteiger partial charge in [0.05, 0.1) is 8.95 Å². The van der Waals surface area contributed by atoms with Gasteiger partial charge in [-0.2, -0.15) is 0 Å². The molecule has 1 rings (SSSR count). The van der Waals surface area contributed by atoms with Crippen LogP contribution in [0.15, 0.2) is 21.1 Å². The normalized spacial score (nSPS) is 12.7. The van der Waals surface area contributed by atoms with Gasteiger partial charge in [-0.3, -0.25) is 0 Å². The monoisotopic (exact) mass is 363 g/mol. The molecule has 0 saturated heterocycles. The lowest BCUT2D eigenvalue weighted by atomic mass is 10.1. The van der Waals surface area contributed by atoms with E-state index in [4.69, 9.17) is 0 Å². The molecule has 0 aromatic heterocycles. The van der Waals surface area contributed by atoms with Crippen LogP contribution in [0.4, 0.5) is 0 Å². The molecule has 2 nitrogen and oxygen atoms in total. The van der Waals surface area contributed by atoms with Crippen LogP contribution < -0.4 is 5.32 Å². The highest BCUT2D eigenvalue weighted by Gasteiger charge is 2.08. The zero-order chi connectivity index (χ0) is 12.8. The fourth-order valence-electron chi connectivity index (χ4n) is 1.78. The third-order valence-corrected chi connectivity index (χ3v) is 4.01. The molecule has 0 fully saturated rings. The standard InChI is InChI=1S/C13H19Br2NO/c1-3-5-10(4-2)16-8-9-6-11(14)13(17)12(15)7-9/h6-7,10,16-17H,3-5,8H2,1-2H3. The Kier molecular flexibility index (Phi) is 6.52. The summed E-state index contributed by atoms with van der Waals surface area (Å²) in [6.45, 7) is 5.24. The van der Waals surface area contributed by atoms with Gasteiger partial charge in [0.1, 0.15) is 5.75 Å². The molecular formula is C13H19Br2NO. The van der Waals surface area contributed by atoms with E-state index in [2.05, 4.69) is 51.0 Å². The predicted molar refractivity (Wildman–Crippen MR) is 79.3 cm³/mol. The smallest absolute Gasteiger partial charge is 0.143 e. The summed E-state index contributed by atoms with van der Waals surface area (Å²) in [5.74, 6) is 0.259. The molecule has 1 aromatic carbocycles. The van der Waals surface area contributed by atoms with Crippen molar-refractivity contribution in [2.24, 2.45) is 0 Å². The Morgan fingerprint density at radius 2 is 1.82 bits per heavy atom. The van der Waals surface area contributed by atoms with Crippen LogP contribution in [0.3, 0.4) is 0 Å². The summed E-state index contributed by atoms with van der Waals surface area (Å²) in [5, 5.41) is 13.2. The Labute approximate surface area is 120 Å². The van der Waals surface area contributed by atoms with E-state index >= 15 is 0 Å². The first-order valence-corrected chi connectivity index (χ1v) is 7.57. The quantitative estimate of drug-likeness (QED) is 0.773. The molecule has 0 aliphatic rings. The molecule has 1 aromatic rings. The summed E-state index contributed by atoms with van der Waals surface area (Å²) < 4.78 is 1.46. The van der Waals surface area contributed by atoms with Crippen LogP contribution in [0, 0.1) is 0 Å². The molecule has 0 radical (unpaired) electrons. The summed E-state index contributed by atoms with van der Waals surface area (Å²) in [4.78, 5) is 0. The Hall–Kier alpha value is -0.0600. The Morgan fingerprint density at radius 1 is 1.24 bits per heavy atom. The van der Waals surface area contributed by atoms with Gasteiger partial charge < -0.3 is 10.4 Å². The van der Waals surface area contributed by atoms with Crippen molar-refractivity contribution < 1.29 is 5.11 Å². The number of phenolic OH excluding ortho intramolecular Hbond substituents is 1. The molecule has 1 unspecified atom stereocenters. The van der Waals surface area contributed by atoms with Gasteiger partial charge in [-0.1, -0.05) is 20.3 Å². The minimum absolute atomic E-state index is 0.259. The summed E-state index contributed by atoms with van der Waals surface area (Å²) in [7, 11) is 0. The van der Waals surface area contributed by atoms with Crippen LogP contribution in [-0.4, -0.2) is 11.1 Å². The van der Waals surface area contributed by atoms with Crippen LogP contribution in [0.1, 0.15) is 38.7 Å². The topological polar surface area (TPSA) is 32.3 Å². The number of rotatable bonds is 6. The molecule has 0 saturated carbocycles. The molecule has 96 valence electrons. The maximum absolute atomic E-state index is 9.62. The molecule has 1 atom stereocenters. The number of benzene rings is 1. The highest BCUT2D eigenvalue weighted by Crippen LogP contribution is 2.33. The van der Waals surface area contributed by atoms with E-state index in [1.54, 1.807) is 0 Å². The van der Waals surface area contributed by atoms with Crippen LogP contribution in [-0.2, 0) is 6.54 Å². The molecule has 0 spiro atoms. The largest absolute Gasteiger partial charge is 0.506 e. The van der Waals surface area contributed by atoms with Crippen molar-refractivity contribution in [2.45, 2.75) is 45.7 Å². The Morgan fingerprint density at radius 3 is 2.29 bits per heavy atom. The zero-order valence-corrected chi connectivity index (χ0v) is 13.4. The van der Waals surface area contributed by atoms with Gasteiger partial charge in [0.25, 0.3) is 0 Å². The number of aromatic hydroxyl groups is 1. The van der Waals surface area contributed by atoms with E-state index in [-0.39, 0.29) is 5.75 Å². The van der Waals surface area contributed by atoms with E-state index < -0.39 is 0 Å². The minimum atomic E-state index is 0.259. The summed E-state index contributed by atoms with van der Waals surface area (Å²) in [6.07, 6.45) is 3.56. The third kappa shape index (κ3) is 4.60. The zero-order valence-electron chi connectivity index (χ0n) is 10.3. The molecule has 0 aliphatic carbocycles. The van der Waals surface area contributed by atoms with Crippen molar-refractivity contribution >= 4 is 31.9 Å². The highest BCUT2D eigenvalue weighted by atomic mass is 79.9. The minimum Gasteiger partial charge on any atom is -0.506 e. The third-order valence-electron chi connectivity index (χ3n) is 2.80. The fraction of sp³-hybridized carbons (Fsp3) is 0.538. The highest BCUT2D eigenvalue weighted by molar-refractivity contribution is 9.11. The van der Waals surface area contributed by atoms with Crippen molar-refractivity contribution in [3.63, 3.8) is 0 Å². The van der Waals surface area contributed by atoms with Gasteiger partial charge in [0.15, 0.2) is 0 Å². The average Bonchev–Trinajstić information content (AvgIpc) is 2.31. The summed E-state index contributed by atoms with van der Waals surface area (Å²) in [6, 6.07) is 4.48. The average molecular weight is 365 g/mol. The molecule has 17 heavy (non-hydrogen) atoms. The maximum Gasteiger partial charge on any atom is 0.143 e. The summed E-state index contributed by atoms with van der Waals surface area (Å²) in [5.41, 5.74) is 1.16. The fourth-order valence-corrected chi connectivity index (χ4v) is 3.06. The Bertz CT molecular complexity index is 345. The predicted octanol–water partition coefficient (Wildman–Crippen LogP) is 4.59. The van der Waals surface area contributed by atoms with Gasteiger partial charge >= 0.3 is 0 Å². The van der Waals surface area contributed by atoms with Crippen molar-refractivity contribution in [1.29, 1.82) is 0 Å². The van der Waals surface area contributed by atoms with Crippen LogP contribution in [0.25, 0.3) is 0 Å². The van der Waals surface area contributed by atoms with Crippen LogP contribution >= 0.6 is 31.9 Å². The lowest BCUT2D eigenvalue weighted by Crippen LogP contribution is -2.27. The van der Waals surface area contributed by atoms with Gasteiger partial charge in [-0.15, -0.1) is 0 Å². The maximum atomic E-state index is 9.62. The SMILES string of the molecule is CCCC(CC)NCc1cc(Br)c(O)c(Br)c1. The first kappa shape index (κ1) is 15.0. The molecule has 4 heteroatoms. The molecule has 0 bridgehead atoms. The second kappa shape index (κ2) is 7.39. The molecule has 0 heterocycles. The number of hydrogen-bond acceptors (Lipinski definition) is 2. The van der Waals surface area contributed by atoms with Crippen molar-refractivity contribution in [3.05, 3.63) is 26.6 Å². The first-order chi connectivity index (χ1) is 8.08. The van der Waals surface area contributed by atoms with Crippen LogP contribution in [0.2, 0.25) is 0 Å². The van der Waals surface area contributed by atoms with Gasteiger partial charge in [0, 0.05) is 12.6 Å². The van der Waals surface area contributed by atoms with Gasteiger partial charge in [-0.25, -0.2) is 0 Å². The first-order valence-electron chi connectivity index (χ1n) is 5.98. The van der Waals surface area contributed by atoms with Crippen molar-refractivity contribution in [2.75, 3.05) is 0 Å². The van der Waals surface area contributed by atoms with Crippen LogP contribution in [0.5, 0.6) is 5.75 Å². The number of nitrogens with one attached hydrogen (secondary N) is 1. The van der Waals surface area contributed by atoms with E-state index in [9.17, 15) is 5.11 Å². The van der Waals surface area contributed by atoms with E-state index in [1.807, 2.05) is 12.1 Å². The molecular weight excluding hydrogens is 346 g/mol. The second-order valence-corrected chi connectivity index (χ2v) is 5.89. The van der Waals surface area contributed by atoms with E-state index in [0.717, 1.165) is 27.5 Å². The number of halogens is 2. The second-order valence-electron chi connectivity index (χ2n) is 4.18. The molecule has 0 amide bonds. The van der Waals surface area contributed by atoms with Gasteiger partial charge in [0.2, 0.25) is 0 Å². The van der Waals surface area contributed by atoms with E-state index in [1.165, 1.54) is 12.8 Å². The van der Waals surface area contributed by atoms with Crippen molar-refractivity contribution in [1.82, 2.24) is 5.32 Å². The lowest BCUT2D eigenvalue weighted by Gasteiger charge is -2.16. The lowest BCUT2D eigenvalue weighted by molar-refractivity contribution is 0.459. The Balaban J connectivity index is 2.63. The van der Waals surface area contributed by atoms with Gasteiger partial charge in [-0.05, 0) is 62.4 Å². The van der Waals surface area contributed by atoms with Crippen molar-refractivity contribution in [3.8, 4) is 5.75 Å². The summed E-state index contributed by atoms with van der Waals surface area (Å²) >= 11 is 6.69. The molecule has 0 aliphatic heterocycles. The van der Waals surface area contributed by atoms with E-state index in [0.29, 0.717) is 6.04 Å². The molecule has 2 N–H and O–H groups in total. The number of hydrogen-bond donors (Lipinski definition) is 2. The number of phenols is 1.